The molecule has 0 fully saturated rings. The molecule has 0 spiro atoms. The first-order valence-corrected chi connectivity index (χ1v) is 9.96. The highest BCUT2D eigenvalue weighted by atomic mass is 19.1. The maximum Gasteiger partial charge on any atom is 0.240 e. The summed E-state index contributed by atoms with van der Waals surface area (Å²) in [5.74, 6) is -0.878. The summed E-state index contributed by atoms with van der Waals surface area (Å²) in [5.41, 5.74) is 8.40. The van der Waals surface area contributed by atoms with Gasteiger partial charge in [0, 0.05) is 23.5 Å². The SMILES string of the molecule is CCC(c1ccc(F)cc1)n1cc(-c2cncc(-c3ccn4nc(N)nc4c3F)n2)cn1. The van der Waals surface area contributed by atoms with Crippen molar-refractivity contribution in [1.29, 1.82) is 0 Å². The lowest BCUT2D eigenvalue weighted by Crippen LogP contribution is -2.10. The lowest BCUT2D eigenvalue weighted by atomic mass is 10.0. The zero-order valence-electron chi connectivity index (χ0n) is 17.0. The van der Waals surface area contributed by atoms with Gasteiger partial charge in [0.05, 0.1) is 36.0 Å². The molecule has 0 aliphatic heterocycles. The Morgan fingerprint density at radius 1 is 1.00 bits per heavy atom. The van der Waals surface area contributed by atoms with Crippen molar-refractivity contribution in [3.05, 3.63) is 78.5 Å². The molecule has 32 heavy (non-hydrogen) atoms. The molecule has 0 saturated heterocycles. The molecule has 0 saturated carbocycles. The number of nitrogens with zero attached hydrogens (tertiary/aromatic N) is 7. The Bertz CT molecular complexity index is 1410. The summed E-state index contributed by atoms with van der Waals surface area (Å²) in [6.45, 7) is 2.03. The Balaban J connectivity index is 1.50. The van der Waals surface area contributed by atoms with E-state index in [1.54, 1.807) is 36.8 Å². The van der Waals surface area contributed by atoms with Gasteiger partial charge in [0.15, 0.2) is 11.5 Å². The van der Waals surface area contributed by atoms with Crippen LogP contribution in [-0.2, 0) is 0 Å². The van der Waals surface area contributed by atoms with Crippen molar-refractivity contribution in [1.82, 2.24) is 34.3 Å². The number of benzene rings is 1. The van der Waals surface area contributed by atoms with Crippen molar-refractivity contribution in [3.8, 4) is 22.5 Å². The molecule has 1 aromatic carbocycles. The first-order valence-electron chi connectivity index (χ1n) is 9.96. The van der Waals surface area contributed by atoms with E-state index < -0.39 is 5.82 Å². The number of nitrogen functional groups attached to an aromatic ring is 1. The first kappa shape index (κ1) is 19.7. The minimum atomic E-state index is -0.582. The molecule has 5 rings (SSSR count). The van der Waals surface area contributed by atoms with E-state index in [1.807, 2.05) is 17.8 Å². The molecule has 8 nitrogen and oxygen atoms in total. The van der Waals surface area contributed by atoms with Crippen LogP contribution in [0, 0.1) is 11.6 Å². The van der Waals surface area contributed by atoms with Crippen LogP contribution in [0.15, 0.2) is 61.3 Å². The molecular weight excluding hydrogens is 414 g/mol. The van der Waals surface area contributed by atoms with Gasteiger partial charge >= 0.3 is 0 Å². The van der Waals surface area contributed by atoms with Gasteiger partial charge in [-0.25, -0.2) is 18.3 Å². The highest BCUT2D eigenvalue weighted by Crippen LogP contribution is 2.27. The Kier molecular flexibility index (Phi) is 4.81. The normalized spacial score (nSPS) is 12.3. The molecule has 4 aromatic heterocycles. The van der Waals surface area contributed by atoms with Gasteiger partial charge in [-0.1, -0.05) is 19.1 Å². The van der Waals surface area contributed by atoms with Crippen LogP contribution in [-0.4, -0.2) is 34.3 Å². The zero-order valence-corrected chi connectivity index (χ0v) is 17.0. The summed E-state index contributed by atoms with van der Waals surface area (Å²) >= 11 is 0. The van der Waals surface area contributed by atoms with Gasteiger partial charge in [-0.15, -0.1) is 5.10 Å². The monoisotopic (exact) mass is 432 g/mol. The smallest absolute Gasteiger partial charge is 0.240 e. The molecule has 0 aliphatic carbocycles. The minimum Gasteiger partial charge on any atom is -0.366 e. The van der Waals surface area contributed by atoms with Crippen molar-refractivity contribution in [2.24, 2.45) is 0 Å². The van der Waals surface area contributed by atoms with Crippen molar-refractivity contribution >= 4 is 11.6 Å². The lowest BCUT2D eigenvalue weighted by Gasteiger charge is -2.16. The molecule has 1 atom stereocenters. The molecule has 2 N–H and O–H groups in total. The molecule has 5 aromatic rings. The van der Waals surface area contributed by atoms with Crippen LogP contribution in [0.4, 0.5) is 14.7 Å². The van der Waals surface area contributed by atoms with Crippen LogP contribution < -0.4 is 5.73 Å². The number of nitrogens with two attached hydrogens (primary N) is 1. The van der Waals surface area contributed by atoms with Gasteiger partial charge in [-0.2, -0.15) is 10.1 Å². The van der Waals surface area contributed by atoms with Gasteiger partial charge < -0.3 is 5.73 Å². The van der Waals surface area contributed by atoms with E-state index in [9.17, 15) is 8.78 Å². The Labute approximate surface area is 181 Å². The third-order valence-corrected chi connectivity index (χ3v) is 5.23. The predicted octanol–water partition coefficient (Wildman–Crippen LogP) is 3.91. The van der Waals surface area contributed by atoms with E-state index in [4.69, 9.17) is 5.73 Å². The van der Waals surface area contributed by atoms with E-state index in [2.05, 4.69) is 25.1 Å². The van der Waals surface area contributed by atoms with Gasteiger partial charge in [-0.05, 0) is 30.2 Å². The Hall–Kier alpha value is -4.21. The standard InChI is InChI=1S/C22H18F2N8/c1-2-19(13-3-5-15(23)6-4-13)32-12-14(9-27-32)17-10-26-11-18(28-17)16-7-8-31-21(20(16)24)29-22(25)30-31/h3-12,19H,2H2,1H3,(H2,25,30). The van der Waals surface area contributed by atoms with Crippen LogP contribution in [0.3, 0.4) is 0 Å². The highest BCUT2D eigenvalue weighted by molar-refractivity contribution is 5.68. The second-order valence-corrected chi connectivity index (χ2v) is 7.26. The van der Waals surface area contributed by atoms with Gasteiger partial charge in [0.2, 0.25) is 5.95 Å². The molecule has 0 aliphatic rings. The predicted molar refractivity (Wildman–Crippen MR) is 114 cm³/mol. The van der Waals surface area contributed by atoms with Crippen molar-refractivity contribution in [2.75, 3.05) is 5.73 Å². The zero-order chi connectivity index (χ0) is 22.2. The number of anilines is 1. The second-order valence-electron chi connectivity index (χ2n) is 7.26. The van der Waals surface area contributed by atoms with Crippen LogP contribution in [0.2, 0.25) is 0 Å². The molecule has 4 heterocycles. The second kappa shape index (κ2) is 7.80. The number of hydrogen-bond donors (Lipinski definition) is 1. The van der Waals surface area contributed by atoms with E-state index in [0.717, 1.165) is 17.5 Å². The van der Waals surface area contributed by atoms with Crippen molar-refractivity contribution in [2.45, 2.75) is 19.4 Å². The fraction of sp³-hybridized carbons (Fsp3) is 0.136. The molecular formula is C22H18F2N8. The third kappa shape index (κ3) is 3.45. The number of fused-ring (bicyclic) bond motifs is 1. The van der Waals surface area contributed by atoms with Gasteiger partial charge in [0.25, 0.3) is 0 Å². The molecule has 0 radical (unpaired) electrons. The fourth-order valence-electron chi connectivity index (χ4n) is 3.67. The number of hydrogen-bond acceptors (Lipinski definition) is 6. The summed E-state index contributed by atoms with van der Waals surface area (Å²) in [7, 11) is 0. The van der Waals surface area contributed by atoms with E-state index in [1.165, 1.54) is 22.8 Å². The van der Waals surface area contributed by atoms with Crippen LogP contribution >= 0.6 is 0 Å². The van der Waals surface area contributed by atoms with Crippen LogP contribution in [0.25, 0.3) is 28.2 Å². The van der Waals surface area contributed by atoms with Gasteiger partial charge in [0.1, 0.15) is 5.82 Å². The topological polar surface area (TPSA) is 99.8 Å². The van der Waals surface area contributed by atoms with E-state index in [0.29, 0.717) is 11.4 Å². The molecule has 0 amide bonds. The average molecular weight is 432 g/mol. The number of halogens is 2. The highest BCUT2D eigenvalue weighted by Gasteiger charge is 2.17. The lowest BCUT2D eigenvalue weighted by molar-refractivity contribution is 0.508. The summed E-state index contributed by atoms with van der Waals surface area (Å²) in [6.07, 6.45) is 8.94. The maximum atomic E-state index is 15.0. The fourth-order valence-corrected chi connectivity index (χ4v) is 3.67. The first-order chi connectivity index (χ1) is 15.5. The summed E-state index contributed by atoms with van der Waals surface area (Å²) in [6, 6.07) is 7.87. The Morgan fingerprint density at radius 3 is 2.56 bits per heavy atom. The summed E-state index contributed by atoms with van der Waals surface area (Å²) < 4.78 is 31.4. The number of pyridine rings is 1. The quantitative estimate of drug-likeness (QED) is 0.452. The van der Waals surface area contributed by atoms with Crippen molar-refractivity contribution in [3.63, 3.8) is 0 Å². The van der Waals surface area contributed by atoms with E-state index >= 15 is 0 Å². The Morgan fingerprint density at radius 2 is 1.78 bits per heavy atom. The minimum absolute atomic E-state index is 0.0140. The number of rotatable bonds is 5. The largest absolute Gasteiger partial charge is 0.366 e. The molecule has 160 valence electrons. The third-order valence-electron chi connectivity index (χ3n) is 5.23. The molecule has 10 heteroatoms. The van der Waals surface area contributed by atoms with Crippen LogP contribution in [0.5, 0.6) is 0 Å². The van der Waals surface area contributed by atoms with Gasteiger partial charge in [-0.3, -0.25) is 9.67 Å². The summed E-state index contributed by atoms with van der Waals surface area (Å²) in [5, 5.41) is 8.38. The summed E-state index contributed by atoms with van der Waals surface area (Å²) in [4.78, 5) is 12.7. The number of aromatic nitrogens is 7. The maximum absolute atomic E-state index is 15.0. The van der Waals surface area contributed by atoms with Crippen molar-refractivity contribution < 1.29 is 8.78 Å². The van der Waals surface area contributed by atoms with Crippen LogP contribution in [0.1, 0.15) is 24.9 Å². The molecule has 0 bridgehead atoms. The average Bonchev–Trinajstić information content (AvgIpc) is 3.43. The molecule has 1 unspecified atom stereocenters. The van der Waals surface area contributed by atoms with E-state index in [-0.39, 0.29) is 29.0 Å².